The first kappa shape index (κ1) is 20.8. The largest absolute Gasteiger partial charge is 0.392 e. The zero-order chi connectivity index (χ0) is 21.2. The summed E-state index contributed by atoms with van der Waals surface area (Å²) >= 11 is 0. The molecule has 5 nitrogen and oxygen atoms in total. The van der Waals surface area contributed by atoms with Crippen LogP contribution in [0.1, 0.15) is 48.5 Å². The SMILES string of the molecule is C[C@H](CC(N)=O)NC(=O)c1cnc2c(C3=CCC(C(F)(F)F)CC3)cccc2c1. The molecule has 0 saturated carbocycles. The molecule has 2 atom stereocenters. The second-order valence-corrected chi connectivity index (χ2v) is 7.39. The van der Waals surface area contributed by atoms with E-state index in [-0.39, 0.29) is 25.2 Å². The molecule has 1 aromatic carbocycles. The van der Waals surface area contributed by atoms with Crippen LogP contribution in [0.3, 0.4) is 0 Å². The van der Waals surface area contributed by atoms with Gasteiger partial charge in [0.05, 0.1) is 17.0 Å². The van der Waals surface area contributed by atoms with Crippen molar-refractivity contribution in [2.75, 3.05) is 0 Å². The summed E-state index contributed by atoms with van der Waals surface area (Å²) in [6.45, 7) is 1.68. The predicted octanol–water partition coefficient (Wildman–Crippen LogP) is 3.97. The van der Waals surface area contributed by atoms with E-state index in [1.165, 1.54) is 6.20 Å². The van der Waals surface area contributed by atoms with Crippen LogP contribution in [0.15, 0.2) is 36.5 Å². The average Bonchev–Trinajstić information content (AvgIpc) is 2.65. The van der Waals surface area contributed by atoms with Gasteiger partial charge in [0.15, 0.2) is 0 Å². The van der Waals surface area contributed by atoms with E-state index in [0.717, 1.165) is 16.5 Å². The molecule has 29 heavy (non-hydrogen) atoms. The van der Waals surface area contributed by atoms with Gasteiger partial charge in [-0.25, -0.2) is 0 Å². The van der Waals surface area contributed by atoms with Crippen LogP contribution < -0.4 is 11.1 Å². The van der Waals surface area contributed by atoms with E-state index in [1.54, 1.807) is 31.2 Å². The van der Waals surface area contributed by atoms with E-state index in [0.29, 0.717) is 17.5 Å². The van der Waals surface area contributed by atoms with Crippen LogP contribution in [0.4, 0.5) is 13.2 Å². The van der Waals surface area contributed by atoms with Gasteiger partial charge in [0.1, 0.15) is 0 Å². The molecule has 1 unspecified atom stereocenters. The van der Waals surface area contributed by atoms with E-state index >= 15 is 0 Å². The van der Waals surface area contributed by atoms with Crippen molar-refractivity contribution in [3.8, 4) is 0 Å². The first-order valence-corrected chi connectivity index (χ1v) is 9.39. The standard InChI is InChI=1S/C21H22F3N3O2/c1-12(9-18(25)28)27-20(29)15-10-14-3-2-4-17(19(14)26-11-15)13-5-7-16(8-6-13)21(22,23)24/h2-5,10-12,16H,6-9H2,1H3,(H2,25,28)(H,27,29)/t12-,16?/m1/s1. The summed E-state index contributed by atoms with van der Waals surface area (Å²) in [6, 6.07) is 6.71. The van der Waals surface area contributed by atoms with Crippen molar-refractivity contribution >= 4 is 28.3 Å². The first-order chi connectivity index (χ1) is 13.6. The lowest BCUT2D eigenvalue weighted by atomic mass is 9.85. The highest BCUT2D eigenvalue weighted by Gasteiger charge is 2.39. The highest BCUT2D eigenvalue weighted by Crippen LogP contribution is 2.40. The highest BCUT2D eigenvalue weighted by atomic mass is 19.4. The summed E-state index contributed by atoms with van der Waals surface area (Å²) < 4.78 is 38.7. The summed E-state index contributed by atoms with van der Waals surface area (Å²) in [6.07, 6.45) is -0.712. The van der Waals surface area contributed by atoms with Crippen LogP contribution in [0, 0.1) is 5.92 Å². The monoisotopic (exact) mass is 405 g/mol. The Hall–Kier alpha value is -2.90. The van der Waals surface area contributed by atoms with Gasteiger partial charge in [-0.1, -0.05) is 24.3 Å². The van der Waals surface area contributed by atoms with Crippen molar-refractivity contribution in [3.05, 3.63) is 47.7 Å². The topological polar surface area (TPSA) is 85.1 Å². The number of rotatable bonds is 5. The maximum Gasteiger partial charge on any atom is 0.392 e. The molecule has 1 aliphatic carbocycles. The maximum absolute atomic E-state index is 12.9. The molecule has 1 heterocycles. The zero-order valence-corrected chi connectivity index (χ0v) is 15.9. The fourth-order valence-electron chi connectivity index (χ4n) is 3.58. The van der Waals surface area contributed by atoms with E-state index < -0.39 is 24.0 Å². The number of nitrogens with two attached hydrogens (primary N) is 1. The number of hydrogen-bond acceptors (Lipinski definition) is 3. The Morgan fingerprint density at radius 1 is 1.34 bits per heavy atom. The van der Waals surface area contributed by atoms with Gasteiger partial charge >= 0.3 is 6.18 Å². The van der Waals surface area contributed by atoms with Crippen LogP contribution in [0.5, 0.6) is 0 Å². The van der Waals surface area contributed by atoms with Gasteiger partial charge in [0, 0.05) is 29.6 Å². The molecule has 3 rings (SSSR count). The molecule has 154 valence electrons. The first-order valence-electron chi connectivity index (χ1n) is 9.39. The van der Waals surface area contributed by atoms with E-state index in [4.69, 9.17) is 5.73 Å². The number of carbonyl (C=O) groups excluding carboxylic acids is 2. The third-order valence-corrected chi connectivity index (χ3v) is 5.08. The zero-order valence-electron chi connectivity index (χ0n) is 15.9. The molecule has 8 heteroatoms. The lowest BCUT2D eigenvalue weighted by molar-refractivity contribution is -0.175. The molecule has 0 aliphatic heterocycles. The van der Waals surface area contributed by atoms with Crippen molar-refractivity contribution in [3.63, 3.8) is 0 Å². The molecule has 1 aromatic heterocycles. The molecule has 2 aromatic rings. The van der Waals surface area contributed by atoms with Crippen molar-refractivity contribution < 1.29 is 22.8 Å². The quantitative estimate of drug-likeness (QED) is 0.789. The number of allylic oxidation sites excluding steroid dienone is 2. The minimum atomic E-state index is -4.17. The second kappa shape index (κ2) is 8.23. The van der Waals surface area contributed by atoms with E-state index in [9.17, 15) is 22.8 Å². The summed E-state index contributed by atoms with van der Waals surface area (Å²) in [5.74, 6) is -2.18. The Morgan fingerprint density at radius 2 is 2.10 bits per heavy atom. The molecule has 0 saturated heterocycles. The lowest BCUT2D eigenvalue weighted by Gasteiger charge is -2.24. The van der Waals surface area contributed by atoms with Crippen LogP contribution in [0.2, 0.25) is 0 Å². The Balaban J connectivity index is 1.83. The fraction of sp³-hybridized carbons (Fsp3) is 0.381. The third-order valence-electron chi connectivity index (χ3n) is 5.08. The Bertz CT molecular complexity index is 969. The van der Waals surface area contributed by atoms with Gasteiger partial charge in [-0.2, -0.15) is 13.2 Å². The smallest absolute Gasteiger partial charge is 0.370 e. The number of nitrogens with zero attached hydrogens (tertiary/aromatic N) is 1. The van der Waals surface area contributed by atoms with Crippen molar-refractivity contribution in [2.24, 2.45) is 11.7 Å². The molecular weight excluding hydrogens is 383 g/mol. The number of pyridine rings is 1. The number of fused-ring (bicyclic) bond motifs is 1. The number of aromatic nitrogens is 1. The average molecular weight is 405 g/mol. The normalized spacial score (nSPS) is 18.2. The number of nitrogens with one attached hydrogen (secondary N) is 1. The number of primary amides is 1. The summed E-state index contributed by atoms with van der Waals surface area (Å²) in [5, 5.41) is 3.41. The molecule has 2 amide bonds. The van der Waals surface area contributed by atoms with Crippen LogP contribution in [-0.2, 0) is 4.79 Å². The number of carbonyl (C=O) groups is 2. The number of alkyl halides is 3. The van der Waals surface area contributed by atoms with Gasteiger partial charge in [0.2, 0.25) is 5.91 Å². The van der Waals surface area contributed by atoms with Crippen molar-refractivity contribution in [1.29, 1.82) is 0 Å². The third kappa shape index (κ3) is 4.93. The number of benzene rings is 1. The van der Waals surface area contributed by atoms with Crippen LogP contribution in [-0.4, -0.2) is 29.0 Å². The predicted molar refractivity (Wildman–Crippen MR) is 104 cm³/mol. The summed E-state index contributed by atoms with van der Waals surface area (Å²) in [4.78, 5) is 27.7. The Labute approximate surface area is 166 Å². The minimum absolute atomic E-state index is 0.0317. The summed E-state index contributed by atoms with van der Waals surface area (Å²) in [7, 11) is 0. The molecule has 0 spiro atoms. The molecule has 0 radical (unpaired) electrons. The molecule has 3 N–H and O–H groups in total. The van der Waals surface area contributed by atoms with Gasteiger partial charge < -0.3 is 11.1 Å². The van der Waals surface area contributed by atoms with Crippen LogP contribution >= 0.6 is 0 Å². The molecule has 1 aliphatic rings. The van der Waals surface area contributed by atoms with Crippen molar-refractivity contribution in [2.45, 2.75) is 44.8 Å². The number of hydrogen-bond donors (Lipinski definition) is 2. The summed E-state index contributed by atoms with van der Waals surface area (Å²) in [5.41, 5.74) is 7.74. The highest BCUT2D eigenvalue weighted by molar-refractivity contribution is 5.99. The van der Waals surface area contributed by atoms with E-state index in [2.05, 4.69) is 10.3 Å². The second-order valence-electron chi connectivity index (χ2n) is 7.39. The van der Waals surface area contributed by atoms with Gasteiger partial charge in [0.25, 0.3) is 5.91 Å². The molecular formula is C21H22F3N3O2. The van der Waals surface area contributed by atoms with Gasteiger partial charge in [-0.15, -0.1) is 0 Å². The Morgan fingerprint density at radius 3 is 2.72 bits per heavy atom. The molecule has 0 fully saturated rings. The number of halogens is 3. The van der Waals surface area contributed by atoms with Gasteiger partial charge in [-0.05, 0) is 37.8 Å². The maximum atomic E-state index is 12.9. The minimum Gasteiger partial charge on any atom is -0.370 e. The van der Waals surface area contributed by atoms with Crippen molar-refractivity contribution in [1.82, 2.24) is 10.3 Å². The lowest BCUT2D eigenvalue weighted by Crippen LogP contribution is -2.35. The number of amides is 2. The van der Waals surface area contributed by atoms with E-state index in [1.807, 2.05) is 6.07 Å². The number of para-hydroxylation sites is 1. The fourth-order valence-corrected chi connectivity index (χ4v) is 3.58. The molecule has 0 bridgehead atoms. The van der Waals surface area contributed by atoms with Crippen LogP contribution in [0.25, 0.3) is 16.5 Å². The Kier molecular flexibility index (Phi) is 5.91. The van der Waals surface area contributed by atoms with Gasteiger partial charge in [-0.3, -0.25) is 14.6 Å².